The van der Waals surface area contributed by atoms with Crippen LogP contribution < -0.4 is 0 Å². The molecule has 38 heavy (non-hydrogen) atoms. The Bertz CT molecular complexity index is 904. The highest BCUT2D eigenvalue weighted by Crippen LogP contribution is 2.36. The summed E-state index contributed by atoms with van der Waals surface area (Å²) in [4.78, 5) is 24.9. The number of allylic oxidation sites excluding steroid dienone is 3. The van der Waals surface area contributed by atoms with E-state index in [4.69, 9.17) is 40.0 Å². The van der Waals surface area contributed by atoms with E-state index in [0.29, 0.717) is 11.5 Å². The Labute approximate surface area is 228 Å². The van der Waals surface area contributed by atoms with Crippen LogP contribution in [0.2, 0.25) is 0 Å². The number of ether oxygens (including phenoxy) is 6. The Morgan fingerprint density at radius 1 is 1.16 bits per heavy atom. The van der Waals surface area contributed by atoms with Crippen molar-refractivity contribution in [3.63, 3.8) is 0 Å². The van der Waals surface area contributed by atoms with Crippen LogP contribution in [0.25, 0.3) is 0 Å². The lowest BCUT2D eigenvalue weighted by Gasteiger charge is -2.27. The first-order chi connectivity index (χ1) is 18.1. The molecule has 0 saturated carbocycles. The van der Waals surface area contributed by atoms with Gasteiger partial charge in [-0.05, 0) is 24.3 Å². The molecule has 3 aliphatic heterocycles. The number of esters is 2. The minimum atomic E-state index is -1.23. The van der Waals surface area contributed by atoms with Crippen molar-refractivity contribution in [3.8, 4) is 0 Å². The number of carbonyl (C=O) groups is 2. The Morgan fingerprint density at radius 2 is 1.89 bits per heavy atom. The SMILES string of the molecule is COC(=O)C[C@@H](C)/C=C/[C@@H](OC)[C@@H]1O[C@@H]2C[C@@H]1OC(=O)[C@@H]1O[C@H](C[C@H]1C)[C@H](O)[C@H](O)/C=C\C=C(/Cl)[C@H]2OC. The predicted octanol–water partition coefficient (Wildman–Crippen LogP) is 2.05. The van der Waals surface area contributed by atoms with Crippen molar-refractivity contribution in [2.45, 2.75) is 88.0 Å². The number of hydrogen-bond donors (Lipinski definition) is 2. The maximum Gasteiger partial charge on any atom is 0.335 e. The molecule has 11 heteroatoms. The van der Waals surface area contributed by atoms with Crippen molar-refractivity contribution in [1.82, 2.24) is 0 Å². The second kappa shape index (κ2) is 14.0. The van der Waals surface area contributed by atoms with Gasteiger partial charge in [-0.25, -0.2) is 4.79 Å². The van der Waals surface area contributed by atoms with Gasteiger partial charge in [-0.15, -0.1) is 0 Å². The van der Waals surface area contributed by atoms with Crippen molar-refractivity contribution in [2.75, 3.05) is 21.3 Å². The lowest BCUT2D eigenvalue weighted by Crippen LogP contribution is -2.41. The van der Waals surface area contributed by atoms with E-state index >= 15 is 0 Å². The van der Waals surface area contributed by atoms with Gasteiger partial charge in [0.25, 0.3) is 0 Å². The van der Waals surface area contributed by atoms with Crippen molar-refractivity contribution in [3.05, 3.63) is 35.4 Å². The average molecular weight is 559 g/mol. The van der Waals surface area contributed by atoms with E-state index in [0.717, 1.165) is 0 Å². The maximum absolute atomic E-state index is 13.2. The van der Waals surface area contributed by atoms with Crippen molar-refractivity contribution in [2.24, 2.45) is 11.8 Å². The number of hydrogen-bond acceptors (Lipinski definition) is 10. The summed E-state index contributed by atoms with van der Waals surface area (Å²) in [5, 5.41) is 21.3. The fourth-order valence-electron chi connectivity index (χ4n) is 5.07. The smallest absolute Gasteiger partial charge is 0.335 e. The topological polar surface area (TPSA) is 130 Å². The molecule has 0 aromatic carbocycles. The molecule has 0 unspecified atom stereocenters. The molecule has 3 rings (SSSR count). The van der Waals surface area contributed by atoms with Crippen molar-refractivity contribution >= 4 is 23.5 Å². The van der Waals surface area contributed by atoms with Gasteiger partial charge in [0.05, 0.1) is 25.7 Å². The van der Waals surface area contributed by atoms with Crippen LogP contribution in [0.3, 0.4) is 0 Å². The largest absolute Gasteiger partial charge is 0.469 e. The summed E-state index contributed by atoms with van der Waals surface area (Å²) in [7, 11) is 4.35. The molecule has 3 heterocycles. The Balaban J connectivity index is 1.91. The van der Waals surface area contributed by atoms with E-state index in [1.165, 1.54) is 33.5 Å². The van der Waals surface area contributed by atoms with Crippen molar-refractivity contribution < 1.29 is 48.2 Å². The number of rotatable bonds is 7. The fraction of sp³-hybridized carbons (Fsp3) is 0.704. The van der Waals surface area contributed by atoms with Gasteiger partial charge in [0.2, 0.25) is 0 Å². The van der Waals surface area contributed by atoms with Crippen LogP contribution in [0.15, 0.2) is 35.4 Å². The van der Waals surface area contributed by atoms with E-state index in [-0.39, 0.29) is 30.6 Å². The maximum atomic E-state index is 13.2. The molecule has 0 aromatic rings. The number of methoxy groups -OCH3 is 3. The van der Waals surface area contributed by atoms with Crippen LogP contribution >= 0.6 is 11.6 Å². The highest BCUT2D eigenvalue weighted by Gasteiger charge is 2.48. The van der Waals surface area contributed by atoms with Crippen LogP contribution in [-0.2, 0) is 38.0 Å². The summed E-state index contributed by atoms with van der Waals surface area (Å²) in [6.45, 7) is 3.71. The number of halogens is 1. The van der Waals surface area contributed by atoms with Crippen LogP contribution in [0.1, 0.15) is 33.1 Å². The molecule has 4 bridgehead atoms. The summed E-state index contributed by atoms with van der Waals surface area (Å²) >= 11 is 6.54. The summed E-state index contributed by atoms with van der Waals surface area (Å²) in [6, 6.07) is 0. The minimum Gasteiger partial charge on any atom is -0.469 e. The van der Waals surface area contributed by atoms with E-state index in [9.17, 15) is 19.8 Å². The van der Waals surface area contributed by atoms with E-state index in [1.807, 2.05) is 19.9 Å². The zero-order valence-electron chi connectivity index (χ0n) is 22.4. The summed E-state index contributed by atoms with van der Waals surface area (Å²) in [5.41, 5.74) is 0. The Hall–Kier alpha value is -1.79. The van der Waals surface area contributed by atoms with Crippen LogP contribution in [-0.4, -0.2) is 98.4 Å². The first-order valence-corrected chi connectivity index (χ1v) is 13.2. The molecule has 0 amide bonds. The van der Waals surface area contributed by atoms with Gasteiger partial charge in [0.1, 0.15) is 36.6 Å². The van der Waals surface area contributed by atoms with Gasteiger partial charge >= 0.3 is 11.9 Å². The Morgan fingerprint density at radius 3 is 2.55 bits per heavy atom. The van der Waals surface area contributed by atoms with E-state index in [2.05, 4.69) is 0 Å². The third-order valence-electron chi connectivity index (χ3n) is 7.20. The standard InChI is InChI=1S/C27H39ClO10/c1-14(11-22(30)34-4)9-10-18(33-3)26-21-13-20(37-26)25(35-5)16(28)7-6-8-17(29)23(31)19-12-15(2)24(36-19)27(32)38-21/h6-10,14-15,17-21,23-26,29,31H,11-13H2,1-5H3/b8-6-,10-9+,16-7-/t14-,15+,17+,18+,19+,20+,21-,23+,24+,25+,26-/m0/s1. The van der Waals surface area contributed by atoms with Gasteiger partial charge in [0, 0.05) is 25.7 Å². The van der Waals surface area contributed by atoms with Crippen molar-refractivity contribution in [1.29, 1.82) is 0 Å². The van der Waals surface area contributed by atoms with Crippen LogP contribution in [0.5, 0.6) is 0 Å². The monoisotopic (exact) mass is 558 g/mol. The second-order valence-electron chi connectivity index (χ2n) is 10.1. The minimum absolute atomic E-state index is 0.119. The molecule has 0 spiro atoms. The first-order valence-electron chi connectivity index (χ1n) is 12.8. The van der Waals surface area contributed by atoms with Gasteiger partial charge in [0.15, 0.2) is 6.10 Å². The molecule has 2 N–H and O–H groups in total. The third-order valence-corrected chi connectivity index (χ3v) is 7.55. The number of aliphatic hydroxyl groups is 2. The summed E-state index contributed by atoms with van der Waals surface area (Å²) in [6.07, 6.45) is 1.59. The molecule has 0 aromatic heterocycles. The van der Waals surface area contributed by atoms with Gasteiger partial charge in [-0.1, -0.05) is 49.8 Å². The molecule has 2 saturated heterocycles. The first kappa shape index (κ1) is 30.7. The quantitative estimate of drug-likeness (QED) is 0.353. The lowest BCUT2D eigenvalue weighted by atomic mass is 9.97. The molecule has 0 aliphatic carbocycles. The molecule has 2 fully saturated rings. The van der Waals surface area contributed by atoms with Gasteiger partial charge < -0.3 is 38.6 Å². The molecule has 214 valence electrons. The molecular formula is C27H39ClO10. The van der Waals surface area contributed by atoms with Crippen LogP contribution in [0.4, 0.5) is 0 Å². The molecule has 11 atom stereocenters. The third kappa shape index (κ3) is 7.44. The molecular weight excluding hydrogens is 520 g/mol. The summed E-state index contributed by atoms with van der Waals surface area (Å²) in [5.74, 6) is -1.26. The number of carbonyl (C=O) groups excluding carboxylic acids is 2. The predicted molar refractivity (Wildman–Crippen MR) is 137 cm³/mol. The normalized spacial score (nSPS) is 39.9. The molecule has 3 aliphatic rings. The Kier molecular flexibility index (Phi) is 11.3. The zero-order chi connectivity index (χ0) is 28.0. The average Bonchev–Trinajstić information content (AvgIpc) is 3.47. The number of aliphatic hydroxyl groups excluding tert-OH is 2. The molecule has 0 radical (unpaired) electrons. The van der Waals surface area contributed by atoms with E-state index < -0.39 is 60.9 Å². The summed E-state index contributed by atoms with van der Waals surface area (Å²) < 4.78 is 34.2. The zero-order valence-corrected chi connectivity index (χ0v) is 23.2. The fourth-order valence-corrected chi connectivity index (χ4v) is 5.37. The highest BCUT2D eigenvalue weighted by molar-refractivity contribution is 6.30. The van der Waals surface area contributed by atoms with E-state index in [1.54, 1.807) is 12.2 Å². The highest BCUT2D eigenvalue weighted by atomic mass is 35.5. The van der Waals surface area contributed by atoms with Gasteiger partial charge in [-0.2, -0.15) is 0 Å². The number of fused-ring (bicyclic) bond motifs is 4. The second-order valence-corrected chi connectivity index (χ2v) is 10.5. The lowest BCUT2D eigenvalue weighted by molar-refractivity contribution is -0.172. The van der Waals surface area contributed by atoms with Crippen LogP contribution in [0, 0.1) is 11.8 Å². The van der Waals surface area contributed by atoms with Gasteiger partial charge in [-0.3, -0.25) is 4.79 Å². The molecule has 10 nitrogen and oxygen atoms in total.